The Hall–Kier alpha value is -1.33. The summed E-state index contributed by atoms with van der Waals surface area (Å²) in [6, 6.07) is 4.38. The molecular weight excluding hydrogens is 260 g/mol. The second kappa shape index (κ2) is 3.67. The van der Waals surface area contributed by atoms with Crippen molar-refractivity contribution in [2.45, 2.75) is 6.04 Å². The number of carboxylic acids is 1. The quantitative estimate of drug-likeness (QED) is 0.780. The van der Waals surface area contributed by atoms with E-state index in [-0.39, 0.29) is 0 Å². The number of benzene rings is 1. The van der Waals surface area contributed by atoms with Gasteiger partial charge in [-0.15, -0.1) is 0 Å². The number of fused-ring (bicyclic) bond motifs is 1. The van der Waals surface area contributed by atoms with Crippen LogP contribution in [0.4, 0.5) is 0 Å². The van der Waals surface area contributed by atoms with Crippen LogP contribution in [0.1, 0.15) is 11.6 Å². The molecule has 1 atom stereocenters. The van der Waals surface area contributed by atoms with Crippen LogP contribution >= 0.6 is 15.9 Å². The average molecular weight is 269 g/mol. The number of H-pyrrole nitrogens is 1. The zero-order valence-electron chi connectivity index (χ0n) is 7.70. The lowest BCUT2D eigenvalue weighted by molar-refractivity contribution is -0.138. The number of carboxylic acid groups (broad SMARTS) is 1. The summed E-state index contributed by atoms with van der Waals surface area (Å²) >= 11 is 3.36. The summed E-state index contributed by atoms with van der Waals surface area (Å²) in [4.78, 5) is 13.8. The fourth-order valence-electron chi connectivity index (χ4n) is 1.47. The van der Waals surface area contributed by atoms with Gasteiger partial charge in [0.15, 0.2) is 0 Å². The van der Waals surface area contributed by atoms with Crippen molar-refractivity contribution in [2.24, 2.45) is 5.73 Å². The van der Waals surface area contributed by atoms with Crippen molar-refractivity contribution in [3.63, 3.8) is 0 Å². The third-order valence-corrected chi connectivity index (χ3v) is 2.88. The summed E-state index contributed by atoms with van der Waals surface area (Å²) in [6.45, 7) is 0. The first kappa shape index (κ1) is 10.2. The number of nitrogens with one attached hydrogen (secondary N) is 1. The molecule has 5 heteroatoms. The van der Waals surface area contributed by atoms with Crippen LogP contribution in [0.2, 0.25) is 0 Å². The topological polar surface area (TPSA) is 79.1 Å². The van der Waals surface area contributed by atoms with E-state index < -0.39 is 12.0 Å². The number of nitrogens with two attached hydrogens (primary N) is 1. The first-order valence-electron chi connectivity index (χ1n) is 4.34. The van der Waals surface area contributed by atoms with Gasteiger partial charge in [0.25, 0.3) is 0 Å². The molecule has 78 valence electrons. The number of hydrogen-bond donors (Lipinski definition) is 3. The molecule has 0 saturated carbocycles. The lowest BCUT2D eigenvalue weighted by Crippen LogP contribution is -2.20. The monoisotopic (exact) mass is 268 g/mol. The lowest BCUT2D eigenvalue weighted by Gasteiger charge is -2.07. The maximum atomic E-state index is 10.7. The minimum atomic E-state index is -1.03. The lowest BCUT2D eigenvalue weighted by atomic mass is 10.1. The Kier molecular flexibility index (Phi) is 2.50. The predicted octanol–water partition coefficient (Wildman–Crippen LogP) is 2.01. The van der Waals surface area contributed by atoms with E-state index in [9.17, 15) is 4.79 Å². The molecule has 1 aromatic heterocycles. The molecule has 0 fully saturated rings. The maximum absolute atomic E-state index is 10.7. The van der Waals surface area contributed by atoms with Gasteiger partial charge >= 0.3 is 5.97 Å². The second-order valence-electron chi connectivity index (χ2n) is 3.26. The zero-order valence-corrected chi connectivity index (χ0v) is 9.28. The Balaban J connectivity index is 2.58. The molecule has 0 aliphatic rings. The molecule has 0 saturated heterocycles. The van der Waals surface area contributed by atoms with Gasteiger partial charge in [-0.2, -0.15) is 0 Å². The molecular formula is C10H9BrN2O2. The van der Waals surface area contributed by atoms with E-state index in [0.717, 1.165) is 15.4 Å². The molecule has 1 aromatic carbocycles. The van der Waals surface area contributed by atoms with Crippen LogP contribution in [0.15, 0.2) is 28.9 Å². The molecule has 2 aromatic rings. The molecule has 0 bridgehead atoms. The Morgan fingerprint density at radius 3 is 2.93 bits per heavy atom. The van der Waals surface area contributed by atoms with Crippen LogP contribution in [-0.4, -0.2) is 16.1 Å². The molecule has 0 aliphatic heterocycles. The van der Waals surface area contributed by atoms with Crippen molar-refractivity contribution in [3.05, 3.63) is 34.4 Å². The van der Waals surface area contributed by atoms with E-state index in [0.29, 0.717) is 5.56 Å². The first-order chi connectivity index (χ1) is 7.09. The number of rotatable bonds is 2. The number of carbonyl (C=O) groups is 1. The van der Waals surface area contributed by atoms with Crippen LogP contribution in [0.5, 0.6) is 0 Å². The van der Waals surface area contributed by atoms with E-state index in [1.54, 1.807) is 18.3 Å². The number of aliphatic carboxylic acids is 1. The van der Waals surface area contributed by atoms with Crippen LogP contribution in [0, 0.1) is 0 Å². The third-order valence-electron chi connectivity index (χ3n) is 2.26. The predicted molar refractivity (Wildman–Crippen MR) is 60.6 cm³/mol. The highest BCUT2D eigenvalue weighted by Crippen LogP contribution is 2.26. The summed E-state index contributed by atoms with van der Waals surface area (Å²) < 4.78 is 0.816. The van der Waals surface area contributed by atoms with E-state index in [2.05, 4.69) is 20.9 Å². The highest BCUT2D eigenvalue weighted by atomic mass is 79.9. The maximum Gasteiger partial charge on any atom is 0.325 e. The molecule has 4 nitrogen and oxygen atoms in total. The van der Waals surface area contributed by atoms with Gasteiger partial charge in [-0.05, 0) is 39.7 Å². The second-order valence-corrected chi connectivity index (χ2v) is 4.11. The first-order valence-corrected chi connectivity index (χ1v) is 5.14. The Labute approximate surface area is 94.2 Å². The van der Waals surface area contributed by atoms with Gasteiger partial charge in [-0.3, -0.25) is 4.79 Å². The summed E-state index contributed by atoms with van der Waals surface area (Å²) in [7, 11) is 0. The molecule has 1 unspecified atom stereocenters. The van der Waals surface area contributed by atoms with Gasteiger partial charge in [0.1, 0.15) is 6.04 Å². The highest BCUT2D eigenvalue weighted by molar-refractivity contribution is 9.10. The van der Waals surface area contributed by atoms with Crippen LogP contribution in [0.3, 0.4) is 0 Å². The zero-order chi connectivity index (χ0) is 11.0. The highest BCUT2D eigenvalue weighted by Gasteiger charge is 2.15. The van der Waals surface area contributed by atoms with Crippen molar-refractivity contribution < 1.29 is 9.90 Å². The van der Waals surface area contributed by atoms with Gasteiger partial charge in [-0.1, -0.05) is 0 Å². The minimum absolute atomic E-state index is 0.585. The minimum Gasteiger partial charge on any atom is -0.480 e. The number of aromatic amines is 1. The molecule has 0 spiro atoms. The van der Waals surface area contributed by atoms with E-state index in [1.807, 2.05) is 6.07 Å². The molecule has 0 radical (unpaired) electrons. The van der Waals surface area contributed by atoms with Crippen molar-refractivity contribution in [1.82, 2.24) is 4.98 Å². The van der Waals surface area contributed by atoms with E-state index in [1.165, 1.54) is 0 Å². The Morgan fingerprint density at radius 2 is 2.27 bits per heavy atom. The van der Waals surface area contributed by atoms with Gasteiger partial charge < -0.3 is 15.8 Å². The summed E-state index contributed by atoms with van der Waals surface area (Å²) in [5.74, 6) is -1.03. The van der Waals surface area contributed by atoms with Crippen molar-refractivity contribution in [2.75, 3.05) is 0 Å². The number of hydrogen-bond acceptors (Lipinski definition) is 2. The van der Waals surface area contributed by atoms with Crippen molar-refractivity contribution in [1.29, 1.82) is 0 Å². The van der Waals surface area contributed by atoms with Crippen molar-refractivity contribution >= 4 is 32.8 Å². The van der Waals surface area contributed by atoms with E-state index >= 15 is 0 Å². The van der Waals surface area contributed by atoms with Crippen LogP contribution in [0.25, 0.3) is 10.9 Å². The summed E-state index contributed by atoms with van der Waals surface area (Å²) in [5, 5.41) is 9.74. The number of halogens is 1. The van der Waals surface area contributed by atoms with E-state index in [4.69, 9.17) is 10.8 Å². The molecule has 4 N–H and O–H groups in total. The molecule has 1 heterocycles. The molecule has 0 amide bonds. The SMILES string of the molecule is NC(C(=O)O)c1cc(Br)c2[nH]ccc2c1. The largest absolute Gasteiger partial charge is 0.480 e. The van der Waals surface area contributed by atoms with Gasteiger partial charge in [0.2, 0.25) is 0 Å². The van der Waals surface area contributed by atoms with Crippen molar-refractivity contribution in [3.8, 4) is 0 Å². The fraction of sp³-hybridized carbons (Fsp3) is 0.100. The molecule has 0 aliphatic carbocycles. The Bertz CT molecular complexity index is 521. The molecule has 2 rings (SSSR count). The fourth-order valence-corrected chi connectivity index (χ4v) is 2.08. The third kappa shape index (κ3) is 1.75. The summed E-state index contributed by atoms with van der Waals surface area (Å²) in [6.07, 6.45) is 1.80. The van der Waals surface area contributed by atoms with Gasteiger partial charge in [-0.25, -0.2) is 0 Å². The Morgan fingerprint density at radius 1 is 1.53 bits per heavy atom. The average Bonchev–Trinajstić information content (AvgIpc) is 2.64. The standard InChI is InChI=1S/C10H9BrN2O2/c11-7-4-6(8(12)10(14)15)3-5-1-2-13-9(5)7/h1-4,8,13H,12H2,(H,14,15). The smallest absolute Gasteiger partial charge is 0.325 e. The summed E-state index contributed by atoms with van der Waals surface area (Å²) in [5.41, 5.74) is 7.06. The van der Waals surface area contributed by atoms with Crippen LogP contribution < -0.4 is 5.73 Å². The normalized spacial score (nSPS) is 12.9. The van der Waals surface area contributed by atoms with Gasteiger partial charge in [0, 0.05) is 16.1 Å². The van der Waals surface area contributed by atoms with Gasteiger partial charge in [0.05, 0.1) is 5.52 Å². The molecule has 15 heavy (non-hydrogen) atoms. The number of aromatic nitrogens is 1. The van der Waals surface area contributed by atoms with Crippen LogP contribution in [-0.2, 0) is 4.79 Å².